The largest absolute Gasteiger partial charge is 0.350 e. The van der Waals surface area contributed by atoms with E-state index in [1.54, 1.807) is 6.07 Å². The Hall–Kier alpha value is -1.95. The van der Waals surface area contributed by atoms with Crippen LogP contribution in [0.3, 0.4) is 0 Å². The van der Waals surface area contributed by atoms with Crippen LogP contribution in [0.15, 0.2) is 40.9 Å². The van der Waals surface area contributed by atoms with Crippen molar-refractivity contribution in [1.82, 2.24) is 0 Å². The molecule has 0 aliphatic rings. The van der Waals surface area contributed by atoms with Gasteiger partial charge in [-0.25, -0.2) is 0 Å². The monoisotopic (exact) mass is 324 g/mol. The minimum absolute atomic E-state index is 0.127. The first-order valence-corrected chi connectivity index (χ1v) is 6.24. The van der Waals surface area contributed by atoms with Gasteiger partial charge in [-0.3, -0.25) is 10.1 Å². The molecule has 2 rings (SSSR count). The van der Waals surface area contributed by atoms with Crippen molar-refractivity contribution in [2.24, 2.45) is 0 Å². The predicted molar refractivity (Wildman–Crippen MR) is 75.2 cm³/mol. The lowest BCUT2D eigenvalue weighted by atomic mass is 10.2. The number of nitro benzene ring substituents is 1. The van der Waals surface area contributed by atoms with E-state index in [2.05, 4.69) is 21.2 Å². The van der Waals surface area contributed by atoms with Crippen molar-refractivity contribution in [3.05, 3.63) is 62.4 Å². The van der Waals surface area contributed by atoms with Crippen LogP contribution in [0.2, 0.25) is 0 Å². The molecule has 0 saturated heterocycles. The summed E-state index contributed by atoms with van der Waals surface area (Å²) in [6, 6.07) is 9.45. The number of hydrogen-bond acceptors (Lipinski definition) is 3. The molecule has 2 aromatic rings. The average molecular weight is 325 g/mol. The molecule has 0 aliphatic heterocycles. The molecule has 1 N–H and O–H groups in total. The van der Waals surface area contributed by atoms with Crippen LogP contribution in [-0.4, -0.2) is 4.92 Å². The van der Waals surface area contributed by atoms with Crippen molar-refractivity contribution >= 4 is 33.0 Å². The fourth-order valence-electron chi connectivity index (χ4n) is 1.77. The van der Waals surface area contributed by atoms with Gasteiger partial charge < -0.3 is 5.32 Å². The fourth-order valence-corrected chi connectivity index (χ4v) is 2.37. The normalized spacial score (nSPS) is 10.3. The van der Waals surface area contributed by atoms with Crippen LogP contribution in [0.1, 0.15) is 5.56 Å². The summed E-state index contributed by atoms with van der Waals surface area (Å²) in [4.78, 5) is 10.1. The lowest BCUT2D eigenvalue weighted by molar-refractivity contribution is -0.386. The molecule has 0 aromatic heterocycles. The number of halogens is 2. The molecule has 0 atom stereocenters. The smallest absolute Gasteiger partial charge is 0.327 e. The number of nitrogens with zero attached hydrogens (tertiary/aromatic N) is 1. The Morgan fingerprint density at radius 3 is 2.68 bits per heavy atom. The summed E-state index contributed by atoms with van der Waals surface area (Å²) in [6.07, 6.45) is 0. The van der Waals surface area contributed by atoms with Crippen LogP contribution >= 0.6 is 15.9 Å². The minimum atomic E-state index is -0.860. The van der Waals surface area contributed by atoms with Crippen LogP contribution in [0.25, 0.3) is 0 Å². The molecule has 98 valence electrons. The molecule has 0 saturated carbocycles. The van der Waals surface area contributed by atoms with E-state index in [0.717, 1.165) is 16.1 Å². The summed E-state index contributed by atoms with van der Waals surface area (Å²) < 4.78 is 14.3. The van der Waals surface area contributed by atoms with Crippen LogP contribution in [0, 0.1) is 22.9 Å². The average Bonchev–Trinajstić information content (AvgIpc) is 2.26. The number of nitrogens with one attached hydrogen (secondary N) is 1. The summed E-state index contributed by atoms with van der Waals surface area (Å²) in [6.45, 7) is 1.90. The van der Waals surface area contributed by atoms with Crippen LogP contribution < -0.4 is 5.32 Å². The third kappa shape index (κ3) is 3.08. The Balaban J connectivity index is 2.43. The number of nitro groups is 1. The summed E-state index contributed by atoms with van der Waals surface area (Å²) in [5.41, 5.74) is 1.21. The van der Waals surface area contributed by atoms with Crippen molar-refractivity contribution in [3.63, 3.8) is 0 Å². The van der Waals surface area contributed by atoms with Gasteiger partial charge in [-0.15, -0.1) is 0 Å². The molecule has 0 fully saturated rings. The maximum absolute atomic E-state index is 13.5. The summed E-state index contributed by atoms with van der Waals surface area (Å²) in [5.74, 6) is -0.860. The predicted octanol–water partition coefficient (Wildman–Crippen LogP) is 4.55. The highest BCUT2D eigenvalue weighted by atomic mass is 79.9. The molecular formula is C13H10BrFN2O2. The van der Waals surface area contributed by atoms with E-state index < -0.39 is 16.4 Å². The SMILES string of the molecule is Cc1cc(Br)cc(Nc2cccc(F)c2[N+](=O)[O-])c1. The molecule has 0 heterocycles. The summed E-state index contributed by atoms with van der Waals surface area (Å²) in [5, 5.41) is 13.7. The number of para-hydroxylation sites is 1. The van der Waals surface area contributed by atoms with Crippen molar-refractivity contribution in [2.75, 3.05) is 5.32 Å². The maximum atomic E-state index is 13.5. The van der Waals surface area contributed by atoms with Crippen LogP contribution in [-0.2, 0) is 0 Å². The van der Waals surface area contributed by atoms with E-state index in [4.69, 9.17) is 0 Å². The van der Waals surface area contributed by atoms with Crippen LogP contribution in [0.5, 0.6) is 0 Å². The van der Waals surface area contributed by atoms with Gasteiger partial charge in [-0.1, -0.05) is 22.0 Å². The fraction of sp³-hybridized carbons (Fsp3) is 0.0769. The molecule has 0 bridgehead atoms. The van der Waals surface area contributed by atoms with Gasteiger partial charge in [0.25, 0.3) is 0 Å². The van der Waals surface area contributed by atoms with Gasteiger partial charge in [0.2, 0.25) is 5.82 Å². The first kappa shape index (κ1) is 13.5. The third-order valence-corrected chi connectivity index (χ3v) is 2.95. The van der Waals surface area contributed by atoms with Crippen molar-refractivity contribution in [3.8, 4) is 0 Å². The number of aryl methyl sites for hydroxylation is 1. The highest BCUT2D eigenvalue weighted by Gasteiger charge is 2.19. The lowest BCUT2D eigenvalue weighted by Crippen LogP contribution is -1.99. The van der Waals surface area contributed by atoms with Crippen molar-refractivity contribution in [1.29, 1.82) is 0 Å². The van der Waals surface area contributed by atoms with Crippen LogP contribution in [0.4, 0.5) is 21.5 Å². The highest BCUT2D eigenvalue weighted by molar-refractivity contribution is 9.10. The van der Waals surface area contributed by atoms with Gasteiger partial charge in [0, 0.05) is 10.2 Å². The lowest BCUT2D eigenvalue weighted by Gasteiger charge is -2.09. The zero-order valence-electron chi connectivity index (χ0n) is 9.98. The quantitative estimate of drug-likeness (QED) is 0.665. The minimum Gasteiger partial charge on any atom is -0.350 e. The Labute approximate surface area is 117 Å². The number of hydrogen-bond donors (Lipinski definition) is 1. The third-order valence-electron chi connectivity index (χ3n) is 2.49. The second-order valence-electron chi connectivity index (χ2n) is 4.04. The molecule has 0 radical (unpaired) electrons. The molecule has 19 heavy (non-hydrogen) atoms. The van der Waals surface area contributed by atoms with Crippen molar-refractivity contribution < 1.29 is 9.31 Å². The first-order chi connectivity index (χ1) is 8.97. The zero-order chi connectivity index (χ0) is 14.0. The van der Waals surface area contributed by atoms with Gasteiger partial charge in [0.05, 0.1) is 4.92 Å². The first-order valence-electron chi connectivity index (χ1n) is 5.44. The van der Waals surface area contributed by atoms with E-state index in [0.29, 0.717) is 5.69 Å². The van der Waals surface area contributed by atoms with E-state index in [-0.39, 0.29) is 5.69 Å². The second kappa shape index (κ2) is 5.36. The maximum Gasteiger partial charge on any atom is 0.327 e. The van der Waals surface area contributed by atoms with Gasteiger partial charge in [-0.2, -0.15) is 4.39 Å². The standard InChI is InChI=1S/C13H10BrFN2O2/c1-8-5-9(14)7-10(6-8)16-12-4-2-3-11(15)13(12)17(18)19/h2-7,16H,1H3. The van der Waals surface area contributed by atoms with Gasteiger partial charge >= 0.3 is 5.69 Å². The van der Waals surface area contributed by atoms with Gasteiger partial charge in [0.15, 0.2) is 0 Å². The number of anilines is 2. The van der Waals surface area contributed by atoms with E-state index >= 15 is 0 Å². The molecule has 6 heteroatoms. The van der Waals surface area contributed by atoms with E-state index in [1.807, 2.05) is 19.1 Å². The van der Waals surface area contributed by atoms with E-state index in [1.165, 1.54) is 12.1 Å². The number of benzene rings is 2. The molecule has 2 aromatic carbocycles. The van der Waals surface area contributed by atoms with Gasteiger partial charge in [-0.05, 0) is 42.8 Å². The molecule has 4 nitrogen and oxygen atoms in total. The second-order valence-corrected chi connectivity index (χ2v) is 4.95. The summed E-state index contributed by atoms with van der Waals surface area (Å²) >= 11 is 3.34. The molecule has 0 aliphatic carbocycles. The summed E-state index contributed by atoms with van der Waals surface area (Å²) in [7, 11) is 0. The zero-order valence-corrected chi connectivity index (χ0v) is 11.6. The molecule has 0 unspecified atom stereocenters. The van der Waals surface area contributed by atoms with Crippen molar-refractivity contribution in [2.45, 2.75) is 6.92 Å². The Kier molecular flexibility index (Phi) is 3.80. The number of rotatable bonds is 3. The topological polar surface area (TPSA) is 55.2 Å². The molecular weight excluding hydrogens is 315 g/mol. The van der Waals surface area contributed by atoms with Gasteiger partial charge in [0.1, 0.15) is 5.69 Å². The molecule has 0 spiro atoms. The molecule has 0 amide bonds. The highest BCUT2D eigenvalue weighted by Crippen LogP contribution is 2.31. The Bertz CT molecular complexity index is 626. The van der Waals surface area contributed by atoms with E-state index in [9.17, 15) is 14.5 Å². The Morgan fingerprint density at radius 1 is 1.32 bits per heavy atom. The Morgan fingerprint density at radius 2 is 2.05 bits per heavy atom.